The van der Waals surface area contributed by atoms with Gasteiger partial charge in [-0.1, -0.05) is 25.7 Å². The minimum atomic E-state index is -0.815. The average Bonchev–Trinajstić information content (AvgIpc) is 2.81. The van der Waals surface area contributed by atoms with E-state index in [1.165, 1.54) is 25.7 Å². The summed E-state index contributed by atoms with van der Waals surface area (Å²) in [6, 6.07) is -0.0987. The Balaban J connectivity index is 2.05. The van der Waals surface area contributed by atoms with Gasteiger partial charge in [0.05, 0.1) is 0 Å². The highest BCUT2D eigenvalue weighted by Gasteiger charge is 2.15. The highest BCUT2D eigenvalue weighted by atomic mass is 16.4. The lowest BCUT2D eigenvalue weighted by Gasteiger charge is -2.18. The molecule has 18 heavy (non-hydrogen) atoms. The molecule has 0 atom stereocenters. The zero-order valence-electron chi connectivity index (χ0n) is 11.2. The Morgan fingerprint density at radius 2 is 2.00 bits per heavy atom. The molecule has 0 aromatic carbocycles. The van der Waals surface area contributed by atoms with Gasteiger partial charge in [-0.25, -0.2) is 4.79 Å². The first kappa shape index (κ1) is 14.8. The molecule has 2 amide bonds. The van der Waals surface area contributed by atoms with Crippen molar-refractivity contribution in [3.63, 3.8) is 0 Å². The fourth-order valence-corrected chi connectivity index (χ4v) is 2.39. The van der Waals surface area contributed by atoms with Gasteiger partial charge in [0.25, 0.3) is 0 Å². The van der Waals surface area contributed by atoms with Crippen LogP contribution in [0.2, 0.25) is 0 Å². The minimum absolute atomic E-state index is 0.0987. The number of carboxylic acid groups (broad SMARTS) is 1. The molecule has 5 nitrogen and oxygen atoms in total. The first-order valence-corrected chi connectivity index (χ1v) is 6.80. The van der Waals surface area contributed by atoms with Crippen LogP contribution in [0, 0.1) is 5.92 Å². The monoisotopic (exact) mass is 256 g/mol. The Kier molecular flexibility index (Phi) is 6.54. The van der Waals surface area contributed by atoms with Crippen molar-refractivity contribution in [3.8, 4) is 0 Å². The Hall–Kier alpha value is -1.26. The molecule has 1 rings (SSSR count). The molecule has 1 aliphatic rings. The largest absolute Gasteiger partial charge is 0.481 e. The number of carbonyl (C=O) groups is 2. The lowest BCUT2D eigenvalue weighted by atomic mass is 10.0. The number of nitrogens with one attached hydrogen (secondary N) is 1. The van der Waals surface area contributed by atoms with E-state index in [1.54, 1.807) is 11.9 Å². The van der Waals surface area contributed by atoms with E-state index in [4.69, 9.17) is 5.11 Å². The van der Waals surface area contributed by atoms with Crippen LogP contribution in [0.15, 0.2) is 0 Å². The minimum Gasteiger partial charge on any atom is -0.481 e. The Morgan fingerprint density at radius 1 is 1.33 bits per heavy atom. The standard InChI is InChI=1S/C13H24N2O3/c1-15(10-4-7-12(16)17)13(18)14-9-8-11-5-2-3-6-11/h11H,2-10H2,1H3,(H,14,18)(H,16,17). The molecule has 1 fully saturated rings. The second-order valence-electron chi connectivity index (χ2n) is 5.09. The fraction of sp³-hybridized carbons (Fsp3) is 0.846. The van der Waals surface area contributed by atoms with E-state index < -0.39 is 5.97 Å². The molecule has 0 aromatic rings. The number of amides is 2. The second kappa shape index (κ2) is 7.95. The summed E-state index contributed by atoms with van der Waals surface area (Å²) in [6.45, 7) is 1.22. The smallest absolute Gasteiger partial charge is 0.317 e. The third kappa shape index (κ3) is 5.89. The van der Waals surface area contributed by atoms with Crippen LogP contribution in [0.3, 0.4) is 0 Å². The summed E-state index contributed by atoms with van der Waals surface area (Å²) in [4.78, 5) is 23.6. The van der Waals surface area contributed by atoms with Gasteiger partial charge in [0.2, 0.25) is 0 Å². The van der Waals surface area contributed by atoms with Gasteiger partial charge in [0.1, 0.15) is 0 Å². The maximum absolute atomic E-state index is 11.7. The normalized spacial score (nSPS) is 15.6. The summed E-state index contributed by atoms with van der Waals surface area (Å²) >= 11 is 0. The summed E-state index contributed by atoms with van der Waals surface area (Å²) < 4.78 is 0. The molecule has 2 N–H and O–H groups in total. The third-order valence-electron chi connectivity index (χ3n) is 3.53. The third-order valence-corrected chi connectivity index (χ3v) is 3.53. The lowest BCUT2D eigenvalue weighted by Crippen LogP contribution is -2.38. The Labute approximate surface area is 109 Å². The highest BCUT2D eigenvalue weighted by molar-refractivity contribution is 5.73. The van der Waals surface area contributed by atoms with E-state index in [0.29, 0.717) is 13.0 Å². The fourth-order valence-electron chi connectivity index (χ4n) is 2.39. The molecule has 1 aliphatic carbocycles. The maximum Gasteiger partial charge on any atom is 0.317 e. The number of hydrogen-bond donors (Lipinski definition) is 2. The quantitative estimate of drug-likeness (QED) is 0.732. The molecule has 0 radical (unpaired) electrons. The Bertz CT molecular complexity index is 275. The zero-order valence-corrected chi connectivity index (χ0v) is 11.2. The van der Waals surface area contributed by atoms with E-state index in [1.807, 2.05) is 0 Å². The van der Waals surface area contributed by atoms with Crippen LogP contribution in [-0.4, -0.2) is 42.1 Å². The number of rotatable bonds is 7. The summed E-state index contributed by atoms with van der Waals surface area (Å²) in [5.41, 5.74) is 0. The summed E-state index contributed by atoms with van der Waals surface area (Å²) in [7, 11) is 1.70. The van der Waals surface area contributed by atoms with Crippen LogP contribution in [0.4, 0.5) is 4.79 Å². The van der Waals surface area contributed by atoms with Gasteiger partial charge >= 0.3 is 12.0 Å². The number of urea groups is 1. The molecule has 104 valence electrons. The van der Waals surface area contributed by atoms with Gasteiger partial charge in [-0.2, -0.15) is 0 Å². The van der Waals surface area contributed by atoms with Crippen molar-refractivity contribution in [2.24, 2.45) is 5.92 Å². The van der Waals surface area contributed by atoms with Gasteiger partial charge in [-0.3, -0.25) is 4.79 Å². The van der Waals surface area contributed by atoms with E-state index in [0.717, 1.165) is 18.9 Å². The molecule has 1 saturated carbocycles. The van der Waals surface area contributed by atoms with Crippen molar-refractivity contribution >= 4 is 12.0 Å². The number of carbonyl (C=O) groups excluding carboxylic acids is 1. The SMILES string of the molecule is CN(CCCC(=O)O)C(=O)NCCC1CCCC1. The van der Waals surface area contributed by atoms with Crippen LogP contribution in [0.5, 0.6) is 0 Å². The van der Waals surface area contributed by atoms with Gasteiger partial charge in [-0.15, -0.1) is 0 Å². The van der Waals surface area contributed by atoms with E-state index >= 15 is 0 Å². The molecular formula is C13H24N2O3. The van der Waals surface area contributed by atoms with E-state index in [-0.39, 0.29) is 12.5 Å². The molecule has 0 saturated heterocycles. The molecule has 0 aromatic heterocycles. The first-order valence-electron chi connectivity index (χ1n) is 6.80. The van der Waals surface area contributed by atoms with Crippen LogP contribution in [0.1, 0.15) is 44.9 Å². The van der Waals surface area contributed by atoms with Gasteiger partial charge in [0.15, 0.2) is 0 Å². The number of carboxylic acids is 1. The zero-order chi connectivity index (χ0) is 13.4. The number of aliphatic carboxylic acids is 1. The van der Waals surface area contributed by atoms with Crippen molar-refractivity contribution in [1.29, 1.82) is 0 Å². The maximum atomic E-state index is 11.7. The van der Waals surface area contributed by atoms with Gasteiger partial charge in [0, 0.05) is 26.6 Å². The van der Waals surface area contributed by atoms with Crippen molar-refractivity contribution in [2.75, 3.05) is 20.1 Å². The predicted octanol–water partition coefficient (Wildman–Crippen LogP) is 2.07. The molecule has 0 spiro atoms. The van der Waals surface area contributed by atoms with Crippen LogP contribution >= 0.6 is 0 Å². The van der Waals surface area contributed by atoms with Crippen molar-refractivity contribution < 1.29 is 14.7 Å². The van der Waals surface area contributed by atoms with Gasteiger partial charge in [-0.05, 0) is 18.8 Å². The van der Waals surface area contributed by atoms with E-state index in [9.17, 15) is 9.59 Å². The summed E-state index contributed by atoms with van der Waals surface area (Å²) in [5.74, 6) is -0.0346. The van der Waals surface area contributed by atoms with Crippen LogP contribution < -0.4 is 5.32 Å². The second-order valence-corrected chi connectivity index (χ2v) is 5.09. The van der Waals surface area contributed by atoms with Crippen LogP contribution in [-0.2, 0) is 4.79 Å². The van der Waals surface area contributed by atoms with Gasteiger partial charge < -0.3 is 15.3 Å². The number of hydrogen-bond acceptors (Lipinski definition) is 2. The summed E-state index contributed by atoms with van der Waals surface area (Å²) in [5, 5.41) is 11.4. The number of nitrogens with zero attached hydrogens (tertiary/aromatic N) is 1. The van der Waals surface area contributed by atoms with Crippen molar-refractivity contribution in [2.45, 2.75) is 44.9 Å². The topological polar surface area (TPSA) is 69.6 Å². The molecule has 0 unspecified atom stereocenters. The molecule has 5 heteroatoms. The average molecular weight is 256 g/mol. The van der Waals surface area contributed by atoms with Crippen molar-refractivity contribution in [3.05, 3.63) is 0 Å². The summed E-state index contributed by atoms with van der Waals surface area (Å²) in [6.07, 6.45) is 6.92. The lowest BCUT2D eigenvalue weighted by molar-refractivity contribution is -0.137. The molecule has 0 heterocycles. The van der Waals surface area contributed by atoms with E-state index in [2.05, 4.69) is 5.32 Å². The highest BCUT2D eigenvalue weighted by Crippen LogP contribution is 2.26. The molecular weight excluding hydrogens is 232 g/mol. The van der Waals surface area contributed by atoms with Crippen molar-refractivity contribution in [1.82, 2.24) is 10.2 Å². The Morgan fingerprint density at radius 3 is 2.61 bits per heavy atom. The molecule has 0 aliphatic heterocycles. The predicted molar refractivity (Wildman–Crippen MR) is 69.5 cm³/mol. The van der Waals surface area contributed by atoms with Crippen LogP contribution in [0.25, 0.3) is 0 Å². The molecule has 0 bridgehead atoms. The first-order chi connectivity index (χ1) is 8.59.